The second-order valence-electron chi connectivity index (χ2n) is 5.96. The molecule has 0 amide bonds. The Hall–Kier alpha value is -1.22. The van der Waals surface area contributed by atoms with Gasteiger partial charge in [0.15, 0.2) is 11.5 Å². The number of rotatable bonds is 3. The van der Waals surface area contributed by atoms with Gasteiger partial charge in [0.25, 0.3) is 0 Å². The smallest absolute Gasteiger partial charge is 0.231 e. The molecule has 0 saturated heterocycles. The van der Waals surface area contributed by atoms with Crippen molar-refractivity contribution in [1.29, 1.82) is 0 Å². The molecule has 3 heteroatoms. The molecule has 3 nitrogen and oxygen atoms in total. The molecule has 1 saturated carbocycles. The lowest BCUT2D eigenvalue weighted by molar-refractivity contribution is 0.174. The van der Waals surface area contributed by atoms with Crippen molar-refractivity contribution in [3.05, 3.63) is 23.8 Å². The van der Waals surface area contributed by atoms with Crippen LogP contribution in [0.3, 0.4) is 0 Å². The van der Waals surface area contributed by atoms with Crippen LogP contribution < -0.4 is 14.8 Å². The van der Waals surface area contributed by atoms with Gasteiger partial charge in [0.2, 0.25) is 6.79 Å². The van der Waals surface area contributed by atoms with E-state index >= 15 is 0 Å². The Kier molecular flexibility index (Phi) is 3.65. The maximum Gasteiger partial charge on any atom is 0.231 e. The zero-order valence-corrected chi connectivity index (χ0v) is 11.8. The maximum absolute atomic E-state index is 5.44. The van der Waals surface area contributed by atoms with Crippen LogP contribution in [0.4, 0.5) is 0 Å². The number of benzene rings is 1. The molecule has 1 atom stereocenters. The first-order valence-corrected chi connectivity index (χ1v) is 7.38. The molecule has 0 spiro atoms. The van der Waals surface area contributed by atoms with Gasteiger partial charge in [0, 0.05) is 12.1 Å². The van der Waals surface area contributed by atoms with Crippen molar-refractivity contribution in [2.24, 2.45) is 5.92 Å². The first-order valence-electron chi connectivity index (χ1n) is 7.38. The molecular weight excluding hydrogens is 238 g/mol. The summed E-state index contributed by atoms with van der Waals surface area (Å²) in [4.78, 5) is 0. The van der Waals surface area contributed by atoms with Gasteiger partial charge in [-0.25, -0.2) is 0 Å². The first-order chi connectivity index (χ1) is 9.22. The van der Waals surface area contributed by atoms with E-state index in [1.807, 2.05) is 6.07 Å². The molecule has 19 heavy (non-hydrogen) atoms. The van der Waals surface area contributed by atoms with Gasteiger partial charge < -0.3 is 14.8 Å². The van der Waals surface area contributed by atoms with Crippen LogP contribution in [0.15, 0.2) is 18.2 Å². The van der Waals surface area contributed by atoms with E-state index in [1.54, 1.807) is 0 Å². The van der Waals surface area contributed by atoms with E-state index in [0.29, 0.717) is 18.9 Å². The molecule has 3 rings (SSSR count). The summed E-state index contributed by atoms with van der Waals surface area (Å²) in [6.45, 7) is 4.94. The molecule has 1 aliphatic carbocycles. The van der Waals surface area contributed by atoms with E-state index in [4.69, 9.17) is 9.47 Å². The van der Waals surface area contributed by atoms with Crippen molar-refractivity contribution in [2.45, 2.75) is 51.6 Å². The lowest BCUT2D eigenvalue weighted by Gasteiger charge is -2.29. The highest BCUT2D eigenvalue weighted by Crippen LogP contribution is 2.34. The molecule has 1 N–H and O–H groups in total. The van der Waals surface area contributed by atoms with Gasteiger partial charge in [0.05, 0.1) is 0 Å². The van der Waals surface area contributed by atoms with Crippen molar-refractivity contribution in [3.8, 4) is 11.5 Å². The Bertz CT molecular complexity index is 438. The summed E-state index contributed by atoms with van der Waals surface area (Å²) in [5, 5.41) is 3.75. The Morgan fingerprint density at radius 2 is 1.84 bits per heavy atom. The maximum atomic E-state index is 5.44. The van der Waals surface area contributed by atoms with Crippen molar-refractivity contribution in [3.63, 3.8) is 0 Å². The normalized spacial score (nSPS) is 27.3. The van der Waals surface area contributed by atoms with Crippen molar-refractivity contribution in [2.75, 3.05) is 6.79 Å². The fraction of sp³-hybridized carbons (Fsp3) is 0.625. The van der Waals surface area contributed by atoms with Crippen molar-refractivity contribution < 1.29 is 9.47 Å². The molecule has 1 aromatic rings. The molecule has 0 bridgehead atoms. The molecule has 1 aliphatic heterocycles. The summed E-state index contributed by atoms with van der Waals surface area (Å²) in [7, 11) is 0. The van der Waals surface area contributed by atoms with Gasteiger partial charge in [-0.2, -0.15) is 0 Å². The summed E-state index contributed by atoms with van der Waals surface area (Å²) >= 11 is 0. The van der Waals surface area contributed by atoms with Crippen LogP contribution >= 0.6 is 0 Å². The van der Waals surface area contributed by atoms with Crippen LogP contribution in [0.2, 0.25) is 0 Å². The number of hydrogen-bond acceptors (Lipinski definition) is 3. The van der Waals surface area contributed by atoms with E-state index in [-0.39, 0.29) is 0 Å². The standard InChI is InChI=1S/C16H23NO2/c1-11-3-6-14(7-4-11)17-12(2)13-5-8-15-16(9-13)19-10-18-15/h5,8-9,11-12,14,17H,3-4,6-7,10H2,1-2H3. The molecular formula is C16H23NO2. The molecule has 104 valence electrons. The topological polar surface area (TPSA) is 30.5 Å². The quantitative estimate of drug-likeness (QED) is 0.901. The second kappa shape index (κ2) is 5.41. The van der Waals surface area contributed by atoms with Crippen molar-refractivity contribution in [1.82, 2.24) is 5.32 Å². The average Bonchev–Trinajstić information content (AvgIpc) is 2.88. The second-order valence-corrected chi connectivity index (χ2v) is 5.96. The number of nitrogens with one attached hydrogen (secondary N) is 1. The zero-order valence-electron chi connectivity index (χ0n) is 11.8. The highest BCUT2D eigenvalue weighted by molar-refractivity contribution is 5.45. The lowest BCUT2D eigenvalue weighted by Crippen LogP contribution is -2.34. The van der Waals surface area contributed by atoms with Gasteiger partial charge in [-0.05, 0) is 56.2 Å². The third-order valence-electron chi connectivity index (χ3n) is 4.40. The fourth-order valence-corrected chi connectivity index (χ4v) is 3.06. The number of hydrogen-bond donors (Lipinski definition) is 1. The highest BCUT2D eigenvalue weighted by atomic mass is 16.7. The predicted octanol–water partition coefficient (Wildman–Crippen LogP) is 3.64. The minimum atomic E-state index is 0.348. The van der Waals surface area contributed by atoms with Gasteiger partial charge in [0.1, 0.15) is 0 Å². The van der Waals surface area contributed by atoms with E-state index in [2.05, 4.69) is 31.3 Å². The molecule has 0 aromatic heterocycles. The van der Waals surface area contributed by atoms with Gasteiger partial charge in [-0.15, -0.1) is 0 Å². The zero-order chi connectivity index (χ0) is 13.2. The minimum Gasteiger partial charge on any atom is -0.454 e. The number of fused-ring (bicyclic) bond motifs is 1. The first kappa shape index (κ1) is 12.8. The van der Waals surface area contributed by atoms with E-state index in [0.717, 1.165) is 17.4 Å². The molecule has 1 aromatic carbocycles. The Labute approximate surface area is 115 Å². The Morgan fingerprint density at radius 1 is 1.11 bits per heavy atom. The summed E-state index contributed by atoms with van der Waals surface area (Å²) < 4.78 is 10.8. The SMILES string of the molecule is CC1CCC(NC(C)c2ccc3c(c2)OCO3)CC1. The van der Waals surface area contributed by atoms with E-state index in [1.165, 1.54) is 31.2 Å². The monoisotopic (exact) mass is 261 g/mol. The molecule has 1 unspecified atom stereocenters. The predicted molar refractivity (Wildman–Crippen MR) is 75.5 cm³/mol. The van der Waals surface area contributed by atoms with Crippen LogP contribution in [0.5, 0.6) is 11.5 Å². The van der Waals surface area contributed by atoms with E-state index < -0.39 is 0 Å². The minimum absolute atomic E-state index is 0.348. The Balaban J connectivity index is 1.62. The van der Waals surface area contributed by atoms with Gasteiger partial charge in [-0.1, -0.05) is 13.0 Å². The summed E-state index contributed by atoms with van der Waals surface area (Å²) in [6.07, 6.45) is 5.31. The van der Waals surface area contributed by atoms with Crippen LogP contribution in [0, 0.1) is 5.92 Å². The van der Waals surface area contributed by atoms with Gasteiger partial charge >= 0.3 is 0 Å². The molecule has 0 radical (unpaired) electrons. The fourth-order valence-electron chi connectivity index (χ4n) is 3.06. The van der Waals surface area contributed by atoms with Gasteiger partial charge in [-0.3, -0.25) is 0 Å². The lowest BCUT2D eigenvalue weighted by atomic mass is 9.87. The summed E-state index contributed by atoms with van der Waals surface area (Å²) in [5.74, 6) is 2.64. The van der Waals surface area contributed by atoms with E-state index in [9.17, 15) is 0 Å². The third-order valence-corrected chi connectivity index (χ3v) is 4.40. The van der Waals surface area contributed by atoms with Crippen molar-refractivity contribution >= 4 is 0 Å². The molecule has 1 fully saturated rings. The van der Waals surface area contributed by atoms with Crippen LogP contribution in [0.25, 0.3) is 0 Å². The molecule has 1 heterocycles. The summed E-state index contributed by atoms with van der Waals surface area (Å²) in [6, 6.07) is 7.28. The van der Waals surface area contributed by atoms with Crippen LogP contribution in [-0.4, -0.2) is 12.8 Å². The van der Waals surface area contributed by atoms with Crippen LogP contribution in [-0.2, 0) is 0 Å². The number of ether oxygens (including phenoxy) is 2. The average molecular weight is 261 g/mol. The Morgan fingerprint density at radius 3 is 2.63 bits per heavy atom. The van der Waals surface area contributed by atoms with Crippen LogP contribution in [0.1, 0.15) is 51.1 Å². The summed E-state index contributed by atoms with van der Waals surface area (Å²) in [5.41, 5.74) is 1.28. The largest absolute Gasteiger partial charge is 0.454 e. The highest BCUT2D eigenvalue weighted by Gasteiger charge is 2.21. The molecule has 2 aliphatic rings. The third kappa shape index (κ3) is 2.86.